The van der Waals surface area contributed by atoms with Gasteiger partial charge in [0, 0.05) is 5.02 Å². The predicted molar refractivity (Wildman–Crippen MR) is 83.3 cm³/mol. The molecule has 0 unspecified atom stereocenters. The molecule has 0 heterocycles. The van der Waals surface area contributed by atoms with E-state index in [4.69, 9.17) is 11.6 Å². The van der Waals surface area contributed by atoms with E-state index in [1.54, 1.807) is 37.4 Å². The van der Waals surface area contributed by atoms with Crippen LogP contribution in [0.25, 0.3) is 0 Å². The summed E-state index contributed by atoms with van der Waals surface area (Å²) in [5.74, 6) is -0.591. The average molecular weight is 343 g/mol. The number of carbonyl (C=O) groups is 1. The zero-order chi connectivity index (χ0) is 17.0. The molecule has 2 aromatic carbocycles. The van der Waals surface area contributed by atoms with E-state index in [0.29, 0.717) is 5.56 Å². The summed E-state index contributed by atoms with van der Waals surface area (Å²) in [5.41, 5.74) is -0.667. The van der Waals surface area contributed by atoms with Crippen molar-refractivity contribution in [2.24, 2.45) is 0 Å². The van der Waals surface area contributed by atoms with Gasteiger partial charge in [-0.2, -0.15) is 13.2 Å². The van der Waals surface area contributed by atoms with Crippen molar-refractivity contribution < 1.29 is 18.0 Å². The number of amides is 1. The van der Waals surface area contributed by atoms with Gasteiger partial charge in [-0.05, 0) is 30.8 Å². The molecule has 0 saturated heterocycles. The summed E-state index contributed by atoms with van der Waals surface area (Å²) in [7, 11) is 1.56. The molecule has 3 nitrogen and oxygen atoms in total. The number of hydrogen-bond acceptors (Lipinski definition) is 2. The molecule has 2 aromatic rings. The predicted octanol–water partition coefficient (Wildman–Crippen LogP) is 4.26. The smallest absolute Gasteiger partial charge is 0.324 e. The van der Waals surface area contributed by atoms with Gasteiger partial charge in [0.05, 0.1) is 11.3 Å². The van der Waals surface area contributed by atoms with Gasteiger partial charge in [0.1, 0.15) is 6.04 Å². The number of hydrogen-bond donors (Lipinski definition) is 2. The van der Waals surface area contributed by atoms with E-state index >= 15 is 0 Å². The van der Waals surface area contributed by atoms with E-state index in [1.165, 1.54) is 6.07 Å². The van der Waals surface area contributed by atoms with Crippen LogP contribution in [-0.4, -0.2) is 13.0 Å². The maximum atomic E-state index is 13.1. The van der Waals surface area contributed by atoms with Crippen LogP contribution >= 0.6 is 11.6 Å². The highest BCUT2D eigenvalue weighted by Crippen LogP contribution is 2.36. The van der Waals surface area contributed by atoms with Gasteiger partial charge < -0.3 is 10.6 Å². The summed E-state index contributed by atoms with van der Waals surface area (Å²) in [6.45, 7) is 0. The average Bonchev–Trinajstić information content (AvgIpc) is 2.50. The molecule has 2 N–H and O–H groups in total. The number of rotatable bonds is 4. The maximum Gasteiger partial charge on any atom is 0.418 e. The fourth-order valence-electron chi connectivity index (χ4n) is 2.16. The second-order valence-electron chi connectivity index (χ2n) is 4.81. The van der Waals surface area contributed by atoms with Crippen LogP contribution in [0.2, 0.25) is 5.02 Å². The van der Waals surface area contributed by atoms with Crippen LogP contribution < -0.4 is 10.6 Å². The fraction of sp³-hybridized carbons (Fsp3) is 0.188. The summed E-state index contributed by atoms with van der Waals surface area (Å²) < 4.78 is 39.2. The number of alkyl halides is 3. The lowest BCUT2D eigenvalue weighted by Crippen LogP contribution is -2.31. The molecular formula is C16H14ClF3N2O. The first-order chi connectivity index (χ1) is 10.8. The van der Waals surface area contributed by atoms with Crippen LogP contribution in [0.5, 0.6) is 0 Å². The topological polar surface area (TPSA) is 41.1 Å². The Kier molecular flexibility index (Phi) is 5.28. The summed E-state index contributed by atoms with van der Waals surface area (Å²) in [6, 6.07) is 11.2. The summed E-state index contributed by atoms with van der Waals surface area (Å²) in [5, 5.41) is 5.05. The second kappa shape index (κ2) is 7.02. The molecule has 0 aliphatic heterocycles. The number of halogens is 4. The SMILES string of the molecule is CN[C@@H](C(=O)Nc1ccc(Cl)cc1C(F)(F)F)c1ccccc1. The quantitative estimate of drug-likeness (QED) is 0.871. The van der Waals surface area contributed by atoms with Gasteiger partial charge in [-0.1, -0.05) is 41.9 Å². The van der Waals surface area contributed by atoms with Crippen molar-refractivity contribution in [3.63, 3.8) is 0 Å². The molecule has 0 aromatic heterocycles. The lowest BCUT2D eigenvalue weighted by Gasteiger charge is -2.19. The minimum Gasteiger partial charge on any atom is -0.324 e. The van der Waals surface area contributed by atoms with Crippen molar-refractivity contribution in [3.8, 4) is 0 Å². The lowest BCUT2D eigenvalue weighted by molar-refractivity contribution is -0.137. The first-order valence-electron chi connectivity index (χ1n) is 6.72. The molecule has 23 heavy (non-hydrogen) atoms. The van der Waals surface area contributed by atoms with Crippen molar-refractivity contribution in [3.05, 3.63) is 64.7 Å². The number of carbonyl (C=O) groups excluding carboxylic acids is 1. The highest BCUT2D eigenvalue weighted by Gasteiger charge is 2.34. The highest BCUT2D eigenvalue weighted by atomic mass is 35.5. The van der Waals surface area contributed by atoms with E-state index in [-0.39, 0.29) is 10.7 Å². The normalized spacial score (nSPS) is 12.7. The molecule has 0 aliphatic carbocycles. The van der Waals surface area contributed by atoms with Crippen LogP contribution in [0, 0.1) is 0 Å². The molecule has 1 atom stereocenters. The van der Waals surface area contributed by atoms with Gasteiger partial charge in [-0.25, -0.2) is 0 Å². The van der Waals surface area contributed by atoms with Crippen LogP contribution in [0.4, 0.5) is 18.9 Å². The first kappa shape index (κ1) is 17.3. The molecule has 0 fully saturated rings. The Labute approximate surface area is 136 Å². The van der Waals surface area contributed by atoms with Crippen molar-refractivity contribution >= 4 is 23.2 Å². The molecular weight excluding hydrogens is 329 g/mol. The molecule has 0 bridgehead atoms. The van der Waals surface area contributed by atoms with Crippen LogP contribution in [0.15, 0.2) is 48.5 Å². The minimum atomic E-state index is -4.62. The van der Waals surface area contributed by atoms with E-state index in [2.05, 4.69) is 10.6 Å². The van der Waals surface area contributed by atoms with Gasteiger partial charge in [0.2, 0.25) is 5.91 Å². The zero-order valence-corrected chi connectivity index (χ0v) is 12.9. The summed E-state index contributed by atoms with van der Waals surface area (Å²) in [4.78, 5) is 12.3. The Morgan fingerprint density at radius 3 is 2.35 bits per heavy atom. The molecule has 122 valence electrons. The molecule has 1 amide bonds. The molecule has 2 rings (SSSR count). The van der Waals surface area contributed by atoms with Crippen molar-refractivity contribution in [1.82, 2.24) is 5.32 Å². The van der Waals surface area contributed by atoms with Crippen molar-refractivity contribution in [1.29, 1.82) is 0 Å². The fourth-order valence-corrected chi connectivity index (χ4v) is 2.33. The number of benzene rings is 2. The van der Waals surface area contributed by atoms with E-state index in [9.17, 15) is 18.0 Å². The lowest BCUT2D eigenvalue weighted by atomic mass is 10.1. The van der Waals surface area contributed by atoms with Gasteiger partial charge in [-0.3, -0.25) is 4.79 Å². The summed E-state index contributed by atoms with van der Waals surface area (Å²) in [6.07, 6.45) is -4.62. The molecule has 0 aliphatic rings. The number of nitrogens with one attached hydrogen (secondary N) is 2. The molecule has 0 spiro atoms. The standard InChI is InChI=1S/C16H14ClF3N2O/c1-21-14(10-5-3-2-4-6-10)15(23)22-13-8-7-11(17)9-12(13)16(18,19)20/h2-9,14,21H,1H3,(H,22,23)/t14-/m1/s1. The second-order valence-corrected chi connectivity index (χ2v) is 5.25. The number of likely N-dealkylation sites (N-methyl/N-ethyl adjacent to an activating group) is 1. The van der Waals surface area contributed by atoms with Crippen molar-refractivity contribution in [2.75, 3.05) is 12.4 Å². The Balaban J connectivity index is 2.30. The van der Waals surface area contributed by atoms with Crippen LogP contribution in [0.1, 0.15) is 17.2 Å². The first-order valence-corrected chi connectivity index (χ1v) is 7.10. The Morgan fingerprint density at radius 1 is 1.13 bits per heavy atom. The minimum absolute atomic E-state index is 0.0523. The zero-order valence-electron chi connectivity index (χ0n) is 12.1. The Hall–Kier alpha value is -2.05. The van der Waals surface area contributed by atoms with E-state index in [0.717, 1.165) is 12.1 Å². The third kappa shape index (κ3) is 4.24. The van der Waals surface area contributed by atoms with E-state index in [1.807, 2.05) is 0 Å². The van der Waals surface area contributed by atoms with Crippen molar-refractivity contribution in [2.45, 2.75) is 12.2 Å². The molecule has 0 saturated carbocycles. The molecule has 7 heteroatoms. The Bertz CT molecular complexity index is 689. The molecule has 0 radical (unpaired) electrons. The largest absolute Gasteiger partial charge is 0.418 e. The Morgan fingerprint density at radius 2 is 1.78 bits per heavy atom. The van der Waals surface area contributed by atoms with Gasteiger partial charge in [0.25, 0.3) is 0 Å². The van der Waals surface area contributed by atoms with Gasteiger partial charge >= 0.3 is 6.18 Å². The third-order valence-electron chi connectivity index (χ3n) is 3.23. The van der Waals surface area contributed by atoms with Crippen LogP contribution in [-0.2, 0) is 11.0 Å². The van der Waals surface area contributed by atoms with Gasteiger partial charge in [-0.15, -0.1) is 0 Å². The highest BCUT2D eigenvalue weighted by molar-refractivity contribution is 6.30. The monoisotopic (exact) mass is 342 g/mol. The summed E-state index contributed by atoms with van der Waals surface area (Å²) >= 11 is 5.62. The van der Waals surface area contributed by atoms with Crippen LogP contribution in [0.3, 0.4) is 0 Å². The van der Waals surface area contributed by atoms with E-state index < -0.39 is 23.7 Å². The number of anilines is 1. The van der Waals surface area contributed by atoms with Gasteiger partial charge in [0.15, 0.2) is 0 Å². The third-order valence-corrected chi connectivity index (χ3v) is 3.46. The maximum absolute atomic E-state index is 13.1.